The molecule has 19 heavy (non-hydrogen) atoms. The normalized spacial score (nSPS) is 10.6. The molecule has 0 bridgehead atoms. The van der Waals surface area contributed by atoms with Crippen molar-refractivity contribution in [3.8, 4) is 11.2 Å². The highest BCUT2D eigenvalue weighted by molar-refractivity contribution is 7.96. The average Bonchev–Trinajstić information content (AvgIpc) is 2.39. The highest BCUT2D eigenvalue weighted by atomic mass is 32.2. The van der Waals surface area contributed by atoms with Crippen molar-refractivity contribution in [3.05, 3.63) is 65.2 Å². The topological polar surface area (TPSA) is 34.1 Å². The van der Waals surface area contributed by atoms with Gasteiger partial charge in [-0.2, -0.15) is 0 Å². The molecule has 0 unspecified atom stereocenters. The van der Waals surface area contributed by atoms with Crippen molar-refractivity contribution in [2.24, 2.45) is 0 Å². The van der Waals surface area contributed by atoms with Gasteiger partial charge >= 0.3 is 0 Å². The molecular formula is C16H14O2S. The monoisotopic (exact) mass is 270 g/mol. The van der Waals surface area contributed by atoms with E-state index in [1.807, 2.05) is 32.0 Å². The van der Waals surface area contributed by atoms with Crippen LogP contribution in [-0.2, 0) is 9.84 Å². The molecule has 0 saturated carbocycles. The first-order valence-electron chi connectivity index (χ1n) is 5.89. The van der Waals surface area contributed by atoms with Gasteiger partial charge in [0.05, 0.1) is 4.90 Å². The molecular weight excluding hydrogens is 256 g/mol. The van der Waals surface area contributed by atoms with Gasteiger partial charge in [0.1, 0.15) is 0 Å². The van der Waals surface area contributed by atoms with E-state index in [9.17, 15) is 8.42 Å². The van der Waals surface area contributed by atoms with Crippen molar-refractivity contribution in [2.75, 3.05) is 0 Å². The third kappa shape index (κ3) is 3.24. The number of hydrogen-bond donors (Lipinski definition) is 0. The zero-order valence-corrected chi connectivity index (χ0v) is 11.7. The summed E-state index contributed by atoms with van der Waals surface area (Å²) in [5, 5.41) is 2.37. The first kappa shape index (κ1) is 13.4. The Morgan fingerprint density at radius 2 is 1.63 bits per heavy atom. The van der Waals surface area contributed by atoms with Gasteiger partial charge < -0.3 is 0 Å². The number of sulfone groups is 1. The van der Waals surface area contributed by atoms with Gasteiger partial charge in [0.2, 0.25) is 9.84 Å². The molecule has 0 amide bonds. The molecule has 0 atom stereocenters. The van der Waals surface area contributed by atoms with Crippen molar-refractivity contribution in [3.63, 3.8) is 0 Å². The summed E-state index contributed by atoms with van der Waals surface area (Å²) >= 11 is 0. The lowest BCUT2D eigenvalue weighted by molar-refractivity contribution is 0.606. The summed E-state index contributed by atoms with van der Waals surface area (Å²) in [5.41, 5.74) is 2.86. The highest BCUT2D eigenvalue weighted by Crippen LogP contribution is 2.11. The predicted octanol–water partition coefficient (Wildman–Crippen LogP) is 3.09. The molecule has 0 spiro atoms. The van der Waals surface area contributed by atoms with Gasteiger partial charge in [-0.3, -0.25) is 0 Å². The first-order chi connectivity index (χ1) is 8.99. The van der Waals surface area contributed by atoms with E-state index in [-0.39, 0.29) is 4.90 Å². The van der Waals surface area contributed by atoms with E-state index in [1.54, 1.807) is 30.3 Å². The summed E-state index contributed by atoms with van der Waals surface area (Å²) in [6, 6.07) is 14.0. The molecule has 0 radical (unpaired) electrons. The van der Waals surface area contributed by atoms with Crippen LogP contribution in [0.4, 0.5) is 0 Å². The van der Waals surface area contributed by atoms with Crippen molar-refractivity contribution in [1.29, 1.82) is 0 Å². The Morgan fingerprint density at radius 1 is 0.947 bits per heavy atom. The quantitative estimate of drug-likeness (QED) is 0.746. The van der Waals surface area contributed by atoms with E-state index in [0.29, 0.717) is 0 Å². The Hall–Kier alpha value is -2.05. The second kappa shape index (κ2) is 5.29. The van der Waals surface area contributed by atoms with Crippen LogP contribution in [0.25, 0.3) is 0 Å². The molecule has 2 nitrogen and oxygen atoms in total. The average molecular weight is 270 g/mol. The van der Waals surface area contributed by atoms with Gasteiger partial charge in [-0.25, -0.2) is 8.42 Å². The van der Waals surface area contributed by atoms with Crippen LogP contribution in [0.1, 0.15) is 16.7 Å². The summed E-state index contributed by atoms with van der Waals surface area (Å²) in [6.07, 6.45) is 0. The lowest BCUT2D eigenvalue weighted by Gasteiger charge is -1.99. The summed E-state index contributed by atoms with van der Waals surface area (Å²) in [5.74, 6) is 2.74. The SMILES string of the molecule is Cc1ccc(C#CS(=O)(=O)c2ccccc2)c(C)c1. The summed E-state index contributed by atoms with van der Waals surface area (Å²) in [4.78, 5) is 0.229. The van der Waals surface area contributed by atoms with Crippen LogP contribution >= 0.6 is 0 Å². The molecule has 2 aromatic rings. The standard InChI is InChI=1S/C16H14O2S/c1-13-8-9-15(14(2)12-13)10-11-19(17,18)16-6-4-3-5-7-16/h3-9,12H,1-2H3. The van der Waals surface area contributed by atoms with E-state index in [2.05, 4.69) is 11.2 Å². The molecule has 0 aliphatic rings. The predicted molar refractivity (Wildman–Crippen MR) is 76.4 cm³/mol. The molecule has 2 aromatic carbocycles. The van der Waals surface area contributed by atoms with Crippen LogP contribution < -0.4 is 0 Å². The summed E-state index contributed by atoms with van der Waals surface area (Å²) in [6.45, 7) is 3.91. The van der Waals surface area contributed by atoms with E-state index in [1.165, 1.54) is 0 Å². The lowest BCUT2D eigenvalue weighted by atomic mass is 10.1. The molecule has 3 heteroatoms. The van der Waals surface area contributed by atoms with E-state index < -0.39 is 9.84 Å². The van der Waals surface area contributed by atoms with E-state index in [0.717, 1.165) is 16.7 Å². The number of benzene rings is 2. The molecule has 2 rings (SSSR count). The Balaban J connectivity index is 2.39. The summed E-state index contributed by atoms with van der Waals surface area (Å²) < 4.78 is 24.0. The van der Waals surface area contributed by atoms with Gasteiger partial charge in [-0.1, -0.05) is 35.9 Å². The minimum Gasteiger partial charge on any atom is -0.210 e. The molecule has 0 aliphatic carbocycles. The largest absolute Gasteiger partial charge is 0.245 e. The van der Waals surface area contributed by atoms with Crippen LogP contribution in [0.15, 0.2) is 53.4 Å². The third-order valence-electron chi connectivity index (χ3n) is 2.76. The molecule has 0 saturated heterocycles. The van der Waals surface area contributed by atoms with Gasteiger partial charge in [0, 0.05) is 10.8 Å². The van der Waals surface area contributed by atoms with E-state index in [4.69, 9.17) is 0 Å². The first-order valence-corrected chi connectivity index (χ1v) is 7.37. The van der Waals surface area contributed by atoms with Gasteiger partial charge in [0.25, 0.3) is 0 Å². The highest BCUT2D eigenvalue weighted by Gasteiger charge is 2.09. The Kier molecular flexibility index (Phi) is 3.73. The fourth-order valence-electron chi connectivity index (χ4n) is 1.73. The zero-order chi connectivity index (χ0) is 13.9. The van der Waals surface area contributed by atoms with Crippen LogP contribution in [0.2, 0.25) is 0 Å². The Bertz CT molecular complexity index is 748. The molecule has 0 aliphatic heterocycles. The zero-order valence-electron chi connectivity index (χ0n) is 10.8. The van der Waals surface area contributed by atoms with Crippen LogP contribution in [0.5, 0.6) is 0 Å². The van der Waals surface area contributed by atoms with Gasteiger partial charge in [-0.15, -0.1) is 0 Å². The number of rotatable bonds is 1. The Labute approximate surface area is 114 Å². The van der Waals surface area contributed by atoms with Gasteiger partial charge in [-0.05, 0) is 43.5 Å². The van der Waals surface area contributed by atoms with Crippen molar-refractivity contribution in [2.45, 2.75) is 18.7 Å². The Morgan fingerprint density at radius 3 is 2.26 bits per heavy atom. The van der Waals surface area contributed by atoms with Crippen molar-refractivity contribution >= 4 is 9.84 Å². The van der Waals surface area contributed by atoms with Crippen molar-refractivity contribution < 1.29 is 8.42 Å². The molecule has 0 heterocycles. The second-order valence-corrected chi connectivity index (χ2v) is 6.04. The number of aryl methyl sites for hydroxylation is 2. The maximum atomic E-state index is 12.0. The van der Waals surface area contributed by atoms with Crippen LogP contribution in [0, 0.1) is 25.0 Å². The minimum atomic E-state index is -3.55. The molecule has 96 valence electrons. The smallest absolute Gasteiger partial charge is 0.210 e. The molecule has 0 fully saturated rings. The van der Waals surface area contributed by atoms with Gasteiger partial charge in [0.15, 0.2) is 0 Å². The fourth-order valence-corrected chi connectivity index (χ4v) is 2.61. The molecule has 0 aromatic heterocycles. The van der Waals surface area contributed by atoms with Crippen LogP contribution in [0.3, 0.4) is 0 Å². The summed E-state index contributed by atoms with van der Waals surface area (Å²) in [7, 11) is -3.55. The van der Waals surface area contributed by atoms with Crippen molar-refractivity contribution in [1.82, 2.24) is 0 Å². The maximum Gasteiger partial charge on any atom is 0.245 e. The lowest BCUT2D eigenvalue weighted by Crippen LogP contribution is -1.96. The van der Waals surface area contributed by atoms with Crippen LogP contribution in [-0.4, -0.2) is 8.42 Å². The van der Waals surface area contributed by atoms with E-state index >= 15 is 0 Å². The third-order valence-corrected chi connectivity index (χ3v) is 4.02. The number of hydrogen-bond acceptors (Lipinski definition) is 2. The maximum absolute atomic E-state index is 12.0. The molecule has 0 N–H and O–H groups in total. The minimum absolute atomic E-state index is 0.229. The fraction of sp³-hybridized carbons (Fsp3) is 0.125. The second-order valence-electron chi connectivity index (χ2n) is 4.36.